The van der Waals surface area contributed by atoms with Crippen molar-refractivity contribution in [3.63, 3.8) is 0 Å². The minimum absolute atomic E-state index is 0.0355. The highest BCUT2D eigenvalue weighted by Gasteiger charge is 2.21. The zero-order valence-corrected chi connectivity index (χ0v) is 25.8. The fourth-order valence-electron chi connectivity index (χ4n) is 6.08. The number of pyridine rings is 3. The second-order valence-electron chi connectivity index (χ2n) is 11.8. The molecule has 0 radical (unpaired) electrons. The molecular formula is C33H31FN8O3S. The van der Waals surface area contributed by atoms with Crippen LogP contribution in [0.3, 0.4) is 0 Å². The van der Waals surface area contributed by atoms with Crippen molar-refractivity contribution in [2.75, 3.05) is 11.6 Å². The monoisotopic (exact) mass is 638 g/mol. The Kier molecular flexibility index (Phi) is 7.79. The number of anilines is 1. The summed E-state index contributed by atoms with van der Waals surface area (Å²) in [4.78, 5) is 29.5. The van der Waals surface area contributed by atoms with Crippen molar-refractivity contribution in [3.8, 4) is 33.6 Å². The number of fused-ring (bicyclic) bond motifs is 2. The molecule has 0 saturated heterocycles. The Morgan fingerprint density at radius 2 is 1.72 bits per heavy atom. The summed E-state index contributed by atoms with van der Waals surface area (Å²) in [6.45, 7) is -0.0355. The van der Waals surface area contributed by atoms with Crippen molar-refractivity contribution in [2.24, 2.45) is 5.92 Å². The van der Waals surface area contributed by atoms with Gasteiger partial charge in [-0.15, -0.1) is 0 Å². The predicted molar refractivity (Wildman–Crippen MR) is 174 cm³/mol. The average molecular weight is 639 g/mol. The molecule has 234 valence electrons. The molecule has 0 aliphatic heterocycles. The maximum Gasteiger partial charge on any atom is 0.227 e. The van der Waals surface area contributed by atoms with Gasteiger partial charge in [-0.25, -0.2) is 22.5 Å². The number of aromatic nitrogens is 6. The molecule has 4 N–H and O–H groups in total. The molecule has 11 nitrogen and oxygen atoms in total. The molecule has 46 heavy (non-hydrogen) atoms. The van der Waals surface area contributed by atoms with Gasteiger partial charge in [0.05, 0.1) is 41.2 Å². The lowest BCUT2D eigenvalue weighted by atomic mass is 9.88. The van der Waals surface area contributed by atoms with Gasteiger partial charge in [0.2, 0.25) is 15.9 Å². The van der Waals surface area contributed by atoms with E-state index in [1.54, 1.807) is 37.1 Å². The molecule has 0 bridgehead atoms. The first-order valence-electron chi connectivity index (χ1n) is 15.0. The number of halogens is 1. The van der Waals surface area contributed by atoms with Gasteiger partial charge in [0, 0.05) is 58.5 Å². The highest BCUT2D eigenvalue weighted by Crippen LogP contribution is 2.35. The van der Waals surface area contributed by atoms with Crippen LogP contribution in [0.25, 0.3) is 55.6 Å². The summed E-state index contributed by atoms with van der Waals surface area (Å²) in [6.07, 6.45) is 14.7. The second kappa shape index (κ2) is 12.1. The van der Waals surface area contributed by atoms with E-state index in [1.165, 1.54) is 18.6 Å². The third-order valence-electron chi connectivity index (χ3n) is 8.35. The van der Waals surface area contributed by atoms with Crippen molar-refractivity contribution in [1.82, 2.24) is 34.9 Å². The van der Waals surface area contributed by atoms with E-state index in [-0.39, 0.29) is 18.4 Å². The van der Waals surface area contributed by atoms with Gasteiger partial charge in [-0.1, -0.05) is 19.3 Å². The molecule has 13 heteroatoms. The molecule has 6 aromatic rings. The number of amides is 1. The van der Waals surface area contributed by atoms with E-state index in [1.807, 2.05) is 18.2 Å². The Hall–Kier alpha value is -5.01. The lowest BCUT2D eigenvalue weighted by Gasteiger charge is -2.20. The van der Waals surface area contributed by atoms with Crippen molar-refractivity contribution in [3.05, 3.63) is 78.8 Å². The van der Waals surface area contributed by atoms with E-state index in [2.05, 4.69) is 40.2 Å². The quantitative estimate of drug-likeness (QED) is 0.161. The van der Waals surface area contributed by atoms with Crippen LogP contribution in [0.1, 0.15) is 37.7 Å². The first-order chi connectivity index (χ1) is 22.2. The lowest BCUT2D eigenvalue weighted by molar-refractivity contribution is -0.120. The highest BCUT2D eigenvalue weighted by molar-refractivity contribution is 7.88. The molecule has 1 aliphatic rings. The van der Waals surface area contributed by atoms with Gasteiger partial charge in [-0.3, -0.25) is 19.9 Å². The number of hydrogen-bond acceptors (Lipinski definition) is 7. The fourth-order valence-corrected chi connectivity index (χ4v) is 6.51. The molecule has 1 aliphatic carbocycles. The minimum atomic E-state index is -3.44. The number of H-pyrrole nitrogens is 2. The number of nitrogens with zero attached hydrogens (tertiary/aromatic N) is 4. The zero-order valence-electron chi connectivity index (χ0n) is 25.0. The maximum absolute atomic E-state index is 14.6. The Bertz CT molecular complexity index is 2210. The molecule has 1 saturated carbocycles. The molecule has 5 aromatic heterocycles. The largest absolute Gasteiger partial charge is 0.352 e. The first kappa shape index (κ1) is 29.7. The standard InChI is InChI=1S/C33H31FN8O3S/c1-46(44,45)38-13-19-7-21(9-24(34)8-19)28-17-36-18-30-26(28)12-29(40-30)31-27-11-23(15-37-32(27)42-41-31)22-10-25(16-35-14-22)39-33(43)20-5-3-2-4-6-20/h7-12,14-18,20,38,40H,2-6,13H2,1H3,(H,39,43)(H,37,41,42). The van der Waals surface area contributed by atoms with E-state index in [0.29, 0.717) is 33.7 Å². The summed E-state index contributed by atoms with van der Waals surface area (Å²) in [5.74, 6) is -0.409. The van der Waals surface area contributed by atoms with Crippen molar-refractivity contribution in [1.29, 1.82) is 0 Å². The van der Waals surface area contributed by atoms with Crippen LogP contribution in [0.2, 0.25) is 0 Å². The van der Waals surface area contributed by atoms with Gasteiger partial charge in [-0.2, -0.15) is 5.10 Å². The third kappa shape index (κ3) is 6.24. The summed E-state index contributed by atoms with van der Waals surface area (Å²) in [6, 6.07) is 10.3. The summed E-state index contributed by atoms with van der Waals surface area (Å²) in [5.41, 5.74) is 6.68. The molecule has 0 atom stereocenters. The Labute approximate surface area is 264 Å². The van der Waals surface area contributed by atoms with E-state index >= 15 is 0 Å². The number of hydrogen-bond donors (Lipinski definition) is 4. The Morgan fingerprint density at radius 3 is 2.54 bits per heavy atom. The summed E-state index contributed by atoms with van der Waals surface area (Å²) >= 11 is 0. The summed E-state index contributed by atoms with van der Waals surface area (Å²) in [5, 5.41) is 12.1. The van der Waals surface area contributed by atoms with Crippen LogP contribution in [0, 0.1) is 11.7 Å². The number of benzene rings is 1. The van der Waals surface area contributed by atoms with Gasteiger partial charge in [0.25, 0.3) is 0 Å². The lowest BCUT2D eigenvalue weighted by Crippen LogP contribution is -2.24. The minimum Gasteiger partial charge on any atom is -0.352 e. The summed E-state index contributed by atoms with van der Waals surface area (Å²) in [7, 11) is -3.44. The van der Waals surface area contributed by atoms with Crippen LogP contribution in [-0.2, 0) is 21.4 Å². The molecule has 5 heterocycles. The van der Waals surface area contributed by atoms with Crippen molar-refractivity contribution in [2.45, 2.75) is 38.6 Å². The van der Waals surface area contributed by atoms with E-state index < -0.39 is 15.8 Å². The van der Waals surface area contributed by atoms with Gasteiger partial charge < -0.3 is 10.3 Å². The zero-order chi connectivity index (χ0) is 31.8. The van der Waals surface area contributed by atoms with E-state index in [0.717, 1.165) is 65.0 Å². The molecule has 0 spiro atoms. The van der Waals surface area contributed by atoms with Gasteiger partial charge in [0.1, 0.15) is 5.82 Å². The van der Waals surface area contributed by atoms with Crippen molar-refractivity contribution < 1.29 is 17.6 Å². The van der Waals surface area contributed by atoms with Crippen LogP contribution >= 0.6 is 0 Å². The highest BCUT2D eigenvalue weighted by atomic mass is 32.2. The number of carbonyl (C=O) groups is 1. The van der Waals surface area contributed by atoms with E-state index in [9.17, 15) is 17.6 Å². The summed E-state index contributed by atoms with van der Waals surface area (Å²) < 4.78 is 40.2. The molecule has 1 amide bonds. The van der Waals surface area contributed by atoms with Crippen LogP contribution in [0.15, 0.2) is 67.4 Å². The third-order valence-corrected chi connectivity index (χ3v) is 9.02. The average Bonchev–Trinajstić information content (AvgIpc) is 3.68. The molecule has 7 rings (SSSR count). The van der Waals surface area contributed by atoms with Crippen LogP contribution in [0.5, 0.6) is 0 Å². The van der Waals surface area contributed by atoms with E-state index in [4.69, 9.17) is 0 Å². The molecular weight excluding hydrogens is 607 g/mol. The number of nitrogens with one attached hydrogen (secondary N) is 4. The molecule has 1 aromatic carbocycles. The predicted octanol–water partition coefficient (Wildman–Crippen LogP) is 5.94. The smallest absolute Gasteiger partial charge is 0.227 e. The van der Waals surface area contributed by atoms with Crippen LogP contribution < -0.4 is 10.0 Å². The van der Waals surface area contributed by atoms with Crippen molar-refractivity contribution >= 4 is 43.6 Å². The number of sulfonamides is 1. The number of rotatable bonds is 8. The van der Waals surface area contributed by atoms with Gasteiger partial charge in [-0.05, 0) is 60.4 Å². The maximum atomic E-state index is 14.6. The van der Waals surface area contributed by atoms with Crippen LogP contribution in [-0.4, -0.2) is 50.7 Å². The normalized spacial score (nSPS) is 14.2. The fraction of sp³-hybridized carbons (Fsp3) is 0.242. The topological polar surface area (TPSA) is 158 Å². The first-order valence-corrected chi connectivity index (χ1v) is 16.9. The SMILES string of the molecule is CS(=O)(=O)NCc1cc(F)cc(-c2cncc3[nH]c(-c4[nH]nc5ncc(-c6cncc(NC(=O)C7CCCCC7)c6)cc45)cc23)c1. The Balaban J connectivity index is 1.21. The van der Waals surface area contributed by atoms with Crippen LogP contribution in [0.4, 0.5) is 10.1 Å². The number of carbonyl (C=O) groups excluding carboxylic acids is 1. The van der Waals surface area contributed by atoms with Gasteiger partial charge >= 0.3 is 0 Å². The number of aromatic amines is 2. The molecule has 0 unspecified atom stereocenters. The molecule has 1 fully saturated rings. The van der Waals surface area contributed by atoms with Gasteiger partial charge in [0.15, 0.2) is 5.65 Å². The second-order valence-corrected chi connectivity index (χ2v) is 13.6. The Morgan fingerprint density at radius 1 is 0.913 bits per heavy atom.